The highest BCUT2D eigenvalue weighted by atomic mass is 19.1. The van der Waals surface area contributed by atoms with E-state index in [0.29, 0.717) is 24.5 Å². The van der Waals surface area contributed by atoms with Crippen LogP contribution in [0.3, 0.4) is 0 Å². The molecule has 0 radical (unpaired) electrons. The van der Waals surface area contributed by atoms with Crippen LogP contribution in [0.25, 0.3) is 0 Å². The van der Waals surface area contributed by atoms with E-state index in [9.17, 15) is 23.9 Å². The fourth-order valence-electron chi connectivity index (χ4n) is 3.87. The van der Waals surface area contributed by atoms with E-state index in [1.54, 1.807) is 29.2 Å². The monoisotopic (exact) mass is 485 g/mol. The van der Waals surface area contributed by atoms with Crippen LogP contribution < -0.4 is 20.9 Å². The summed E-state index contributed by atoms with van der Waals surface area (Å²) in [6.45, 7) is 1.00. The van der Waals surface area contributed by atoms with E-state index in [1.165, 1.54) is 17.0 Å². The van der Waals surface area contributed by atoms with Gasteiger partial charge in [0, 0.05) is 30.2 Å². The molecule has 184 valence electrons. The molecule has 4 rings (SSSR count). The Bertz CT molecular complexity index is 1170. The zero-order chi connectivity index (χ0) is 25.1. The van der Waals surface area contributed by atoms with Gasteiger partial charge in [0.1, 0.15) is 18.3 Å². The first kappa shape index (κ1) is 24.3. The molecule has 5 N–H and O–H groups in total. The van der Waals surface area contributed by atoms with E-state index in [-0.39, 0.29) is 36.9 Å². The number of hydrogen-bond donors (Lipinski definition) is 4. The number of ether oxygens (including phenoxy) is 2. The van der Waals surface area contributed by atoms with Crippen LogP contribution in [0, 0.1) is 11.2 Å². The van der Waals surface area contributed by atoms with E-state index < -0.39 is 35.7 Å². The summed E-state index contributed by atoms with van der Waals surface area (Å²) in [5, 5.41) is 20.2. The molecule has 12 heteroatoms. The number of carbonyl (C=O) groups is 3. The van der Waals surface area contributed by atoms with Crippen molar-refractivity contribution in [2.75, 3.05) is 48.0 Å². The maximum absolute atomic E-state index is 14.0. The fraction of sp³-hybridized carbons (Fsp3) is 0.304. The second-order valence-electron chi connectivity index (χ2n) is 7.94. The Hall–Kier alpha value is -3.87. The van der Waals surface area contributed by atoms with Crippen LogP contribution in [-0.2, 0) is 23.9 Å². The molecule has 2 aliphatic rings. The number of rotatable bonds is 6. The summed E-state index contributed by atoms with van der Waals surface area (Å²) >= 11 is 0. The van der Waals surface area contributed by atoms with Crippen molar-refractivity contribution < 1.29 is 33.4 Å². The number of aliphatic hydroxyl groups excluding tert-OH is 1. The Labute approximate surface area is 199 Å². The Morgan fingerprint density at radius 2 is 1.86 bits per heavy atom. The molecule has 2 heterocycles. The molecule has 0 saturated carbocycles. The number of morpholine rings is 2. The van der Waals surface area contributed by atoms with E-state index in [0.717, 1.165) is 6.07 Å². The predicted molar refractivity (Wildman–Crippen MR) is 124 cm³/mol. The van der Waals surface area contributed by atoms with Gasteiger partial charge in [0.05, 0.1) is 18.8 Å². The summed E-state index contributed by atoms with van der Waals surface area (Å²) in [6.07, 6.45) is -3.36. The molecule has 2 aromatic rings. The zero-order valence-electron chi connectivity index (χ0n) is 18.6. The average molecular weight is 485 g/mol. The number of carbonyl (C=O) groups excluding carboxylic acids is 3. The number of halogens is 1. The SMILES string of the molecule is N=C(N)c1ccc(NC(=O)C(O)C2OCCN(c3cccc(N4CCOCC4=O)c3)C2=O)cc1F. The Kier molecular flexibility index (Phi) is 7.05. The molecule has 0 aliphatic carbocycles. The first-order valence-corrected chi connectivity index (χ1v) is 10.8. The van der Waals surface area contributed by atoms with Gasteiger partial charge in [0.25, 0.3) is 17.7 Å². The van der Waals surface area contributed by atoms with Crippen molar-refractivity contribution in [1.29, 1.82) is 5.41 Å². The molecule has 2 unspecified atom stereocenters. The van der Waals surface area contributed by atoms with Gasteiger partial charge in [0.2, 0.25) is 0 Å². The predicted octanol–water partition coefficient (Wildman–Crippen LogP) is 0.204. The number of amides is 3. The number of hydrogen-bond acceptors (Lipinski definition) is 7. The number of nitrogens with two attached hydrogens (primary N) is 1. The summed E-state index contributed by atoms with van der Waals surface area (Å²) in [5.74, 6) is -3.09. The Morgan fingerprint density at radius 1 is 1.14 bits per heavy atom. The lowest BCUT2D eigenvalue weighted by Gasteiger charge is -2.35. The van der Waals surface area contributed by atoms with Crippen LogP contribution in [-0.4, -0.2) is 73.8 Å². The van der Waals surface area contributed by atoms with Crippen LogP contribution in [0.4, 0.5) is 21.5 Å². The standard InChI is InChI=1S/C23H24FN5O6/c24-17-10-13(4-5-16(17)21(25)26)27-22(32)19(31)20-23(33)29(7-9-35-20)15-3-1-2-14(11-15)28-6-8-34-12-18(28)30/h1-5,10-11,19-20,31H,6-9,12H2,(H3,25,26)(H,27,32). The Balaban J connectivity index is 1.47. The maximum atomic E-state index is 14.0. The number of nitrogens with one attached hydrogen (secondary N) is 2. The van der Waals surface area contributed by atoms with Gasteiger partial charge in [0.15, 0.2) is 12.2 Å². The molecule has 11 nitrogen and oxygen atoms in total. The van der Waals surface area contributed by atoms with Crippen molar-refractivity contribution in [2.24, 2.45) is 5.73 Å². The second-order valence-corrected chi connectivity index (χ2v) is 7.94. The van der Waals surface area contributed by atoms with Crippen LogP contribution in [0.1, 0.15) is 5.56 Å². The van der Waals surface area contributed by atoms with Gasteiger partial charge in [-0.3, -0.25) is 19.8 Å². The molecule has 2 aliphatic heterocycles. The van der Waals surface area contributed by atoms with Crippen molar-refractivity contribution in [1.82, 2.24) is 0 Å². The summed E-state index contributed by atoms with van der Waals surface area (Å²) < 4.78 is 24.6. The van der Waals surface area contributed by atoms with Gasteiger partial charge >= 0.3 is 0 Å². The quantitative estimate of drug-likeness (QED) is 0.336. The van der Waals surface area contributed by atoms with Gasteiger partial charge in [-0.1, -0.05) is 6.07 Å². The van der Waals surface area contributed by atoms with Crippen LogP contribution >= 0.6 is 0 Å². The molecule has 2 fully saturated rings. The highest BCUT2D eigenvalue weighted by Gasteiger charge is 2.39. The molecular weight excluding hydrogens is 461 g/mol. The molecule has 2 saturated heterocycles. The molecule has 3 amide bonds. The number of nitrogen functional groups attached to an aromatic ring is 1. The maximum Gasteiger partial charge on any atom is 0.259 e. The van der Waals surface area contributed by atoms with Gasteiger partial charge in [-0.25, -0.2) is 4.39 Å². The normalized spacial score (nSPS) is 19.4. The minimum absolute atomic E-state index is 0.0135. The number of anilines is 3. The molecule has 2 atom stereocenters. The Morgan fingerprint density at radius 3 is 2.54 bits per heavy atom. The van der Waals surface area contributed by atoms with Gasteiger partial charge < -0.3 is 35.4 Å². The lowest BCUT2D eigenvalue weighted by Crippen LogP contribution is -2.55. The highest BCUT2D eigenvalue weighted by molar-refractivity contribution is 6.04. The van der Waals surface area contributed by atoms with Crippen molar-refractivity contribution in [3.63, 3.8) is 0 Å². The first-order valence-electron chi connectivity index (χ1n) is 10.8. The highest BCUT2D eigenvalue weighted by Crippen LogP contribution is 2.26. The van der Waals surface area contributed by atoms with Crippen LogP contribution in [0.15, 0.2) is 42.5 Å². The van der Waals surface area contributed by atoms with Crippen molar-refractivity contribution in [3.8, 4) is 0 Å². The molecular formula is C23H24FN5O6. The number of nitrogens with zero attached hydrogens (tertiary/aromatic N) is 2. The van der Waals surface area contributed by atoms with Gasteiger partial charge in [-0.15, -0.1) is 0 Å². The van der Waals surface area contributed by atoms with E-state index in [1.807, 2.05) is 0 Å². The van der Waals surface area contributed by atoms with Crippen LogP contribution in [0.2, 0.25) is 0 Å². The third-order valence-electron chi connectivity index (χ3n) is 5.64. The van der Waals surface area contributed by atoms with E-state index >= 15 is 0 Å². The lowest BCUT2D eigenvalue weighted by molar-refractivity contribution is -0.150. The number of benzene rings is 2. The average Bonchev–Trinajstić information content (AvgIpc) is 2.84. The lowest BCUT2D eigenvalue weighted by atomic mass is 10.1. The number of amidine groups is 1. The molecule has 0 spiro atoms. The minimum Gasteiger partial charge on any atom is -0.384 e. The third kappa shape index (κ3) is 5.14. The van der Waals surface area contributed by atoms with Gasteiger partial charge in [-0.05, 0) is 36.4 Å². The first-order chi connectivity index (χ1) is 16.8. The van der Waals surface area contributed by atoms with E-state index in [2.05, 4.69) is 5.32 Å². The van der Waals surface area contributed by atoms with Crippen molar-refractivity contribution in [2.45, 2.75) is 12.2 Å². The summed E-state index contributed by atoms with van der Waals surface area (Å²) in [7, 11) is 0. The molecule has 0 bridgehead atoms. The van der Waals surface area contributed by atoms with Crippen LogP contribution in [0.5, 0.6) is 0 Å². The smallest absolute Gasteiger partial charge is 0.259 e. The van der Waals surface area contributed by atoms with Gasteiger partial charge in [-0.2, -0.15) is 0 Å². The van der Waals surface area contributed by atoms with Crippen molar-refractivity contribution >= 4 is 40.6 Å². The topological polar surface area (TPSA) is 158 Å². The molecule has 2 aromatic carbocycles. The summed E-state index contributed by atoms with van der Waals surface area (Å²) in [5.41, 5.74) is 6.24. The molecule has 35 heavy (non-hydrogen) atoms. The van der Waals surface area contributed by atoms with Crippen molar-refractivity contribution in [3.05, 3.63) is 53.8 Å². The zero-order valence-corrected chi connectivity index (χ0v) is 18.6. The third-order valence-corrected chi connectivity index (χ3v) is 5.64. The fourth-order valence-corrected chi connectivity index (χ4v) is 3.87. The second kappa shape index (κ2) is 10.2. The largest absolute Gasteiger partial charge is 0.384 e. The minimum atomic E-state index is -1.87. The summed E-state index contributed by atoms with van der Waals surface area (Å²) in [6, 6.07) is 10.3. The number of aliphatic hydroxyl groups is 1. The summed E-state index contributed by atoms with van der Waals surface area (Å²) in [4.78, 5) is 40.8. The van der Waals surface area contributed by atoms with E-state index in [4.69, 9.17) is 20.6 Å². The molecule has 0 aromatic heterocycles.